The molecule has 0 amide bonds. The van der Waals surface area contributed by atoms with Crippen molar-refractivity contribution in [2.75, 3.05) is 0 Å². The first-order valence-corrected chi connectivity index (χ1v) is 4.47. The van der Waals surface area contributed by atoms with Gasteiger partial charge in [-0.15, -0.1) is 0 Å². The predicted octanol–water partition coefficient (Wildman–Crippen LogP) is 1.89. The van der Waals surface area contributed by atoms with E-state index < -0.39 is 10.3 Å². The van der Waals surface area contributed by atoms with Crippen LogP contribution in [0.3, 0.4) is 0 Å². The molecular formula is C7H8Cl2O2. The lowest BCUT2D eigenvalue weighted by molar-refractivity contribution is -0.142. The van der Waals surface area contributed by atoms with Crippen molar-refractivity contribution in [1.82, 2.24) is 0 Å². The number of carbonyl (C=O) groups is 1. The number of hydrogen-bond donors (Lipinski definition) is 0. The summed E-state index contributed by atoms with van der Waals surface area (Å²) >= 11 is 11.6. The molecule has 1 heterocycles. The van der Waals surface area contributed by atoms with E-state index in [1.165, 1.54) is 0 Å². The van der Waals surface area contributed by atoms with E-state index in [1.807, 2.05) is 0 Å². The first kappa shape index (κ1) is 7.69. The monoisotopic (exact) mass is 194 g/mol. The van der Waals surface area contributed by atoms with Gasteiger partial charge in [-0.25, -0.2) is 4.79 Å². The molecule has 62 valence electrons. The molecule has 0 N–H and O–H groups in total. The van der Waals surface area contributed by atoms with Crippen LogP contribution < -0.4 is 0 Å². The molecule has 2 rings (SSSR count). The van der Waals surface area contributed by atoms with Crippen molar-refractivity contribution in [1.29, 1.82) is 0 Å². The Balaban J connectivity index is 2.27. The highest BCUT2D eigenvalue weighted by molar-refractivity contribution is 6.58. The zero-order valence-corrected chi connectivity index (χ0v) is 7.36. The van der Waals surface area contributed by atoms with Crippen LogP contribution in [0, 0.1) is 5.92 Å². The first-order chi connectivity index (χ1) is 5.12. The van der Waals surface area contributed by atoms with Gasteiger partial charge in [-0.2, -0.15) is 0 Å². The lowest BCUT2D eigenvalue weighted by Crippen LogP contribution is -2.27. The van der Waals surface area contributed by atoms with E-state index in [-0.39, 0.29) is 12.0 Å². The average Bonchev–Trinajstić information content (AvgIpc) is 2.41. The highest BCUT2D eigenvalue weighted by Gasteiger charge is 2.56. The number of esters is 1. The molecule has 1 aliphatic carbocycles. The van der Waals surface area contributed by atoms with Gasteiger partial charge in [-0.3, -0.25) is 0 Å². The molecule has 0 bridgehead atoms. The fourth-order valence-corrected chi connectivity index (χ4v) is 2.44. The Morgan fingerprint density at radius 1 is 1.45 bits per heavy atom. The number of halogens is 2. The van der Waals surface area contributed by atoms with Crippen LogP contribution in [0.25, 0.3) is 0 Å². The molecular weight excluding hydrogens is 187 g/mol. The summed E-state index contributed by atoms with van der Waals surface area (Å²) in [5, 5.41) is 0. The molecule has 2 fully saturated rings. The summed E-state index contributed by atoms with van der Waals surface area (Å²) in [7, 11) is 0. The minimum atomic E-state index is -1.26. The Labute approximate surface area is 74.8 Å². The molecule has 1 saturated carbocycles. The summed E-state index contributed by atoms with van der Waals surface area (Å²) in [4.78, 5) is 11.0. The van der Waals surface area contributed by atoms with E-state index in [1.54, 1.807) is 0 Å². The lowest BCUT2D eigenvalue weighted by atomic mass is 10.0. The molecule has 0 aromatic carbocycles. The number of hydrogen-bond acceptors (Lipinski definition) is 2. The van der Waals surface area contributed by atoms with Gasteiger partial charge in [0.05, 0.1) is 0 Å². The third kappa shape index (κ3) is 0.960. The Morgan fingerprint density at radius 2 is 2.18 bits per heavy atom. The molecule has 2 nitrogen and oxygen atoms in total. The number of rotatable bonds is 0. The summed E-state index contributed by atoms with van der Waals surface area (Å²) in [6, 6.07) is 0. The highest BCUT2D eigenvalue weighted by atomic mass is 35.5. The maximum Gasteiger partial charge on any atom is 0.343 e. The minimum Gasteiger partial charge on any atom is -0.460 e. The van der Waals surface area contributed by atoms with Crippen molar-refractivity contribution in [3.8, 4) is 0 Å². The Bertz CT molecular complexity index is 203. The maximum atomic E-state index is 11.0. The number of ether oxygens (including phenoxy) is 1. The van der Waals surface area contributed by atoms with Gasteiger partial charge in [0.25, 0.3) is 0 Å². The zero-order chi connectivity index (χ0) is 8.06. The molecule has 4 heteroatoms. The predicted molar refractivity (Wildman–Crippen MR) is 41.7 cm³/mol. The van der Waals surface area contributed by atoms with Gasteiger partial charge in [0.15, 0.2) is 0 Å². The molecule has 11 heavy (non-hydrogen) atoms. The lowest BCUT2D eigenvalue weighted by Gasteiger charge is -2.13. The van der Waals surface area contributed by atoms with E-state index in [9.17, 15) is 4.79 Å². The van der Waals surface area contributed by atoms with Gasteiger partial charge >= 0.3 is 5.97 Å². The molecule has 2 aliphatic rings. The zero-order valence-electron chi connectivity index (χ0n) is 5.85. The molecule has 0 spiro atoms. The van der Waals surface area contributed by atoms with E-state index in [0.717, 1.165) is 19.3 Å². The van der Waals surface area contributed by atoms with Crippen molar-refractivity contribution >= 4 is 29.2 Å². The van der Waals surface area contributed by atoms with Gasteiger partial charge in [-0.1, -0.05) is 23.2 Å². The molecule has 0 aromatic rings. The fraction of sp³-hybridized carbons (Fsp3) is 0.857. The average molecular weight is 195 g/mol. The standard InChI is InChI=1S/C7H8Cl2O2/c8-7(9)4-2-1-3-5(4)11-6(7)10/h4-5H,1-3H2. The molecule has 2 unspecified atom stereocenters. The maximum absolute atomic E-state index is 11.0. The molecule has 0 aromatic heterocycles. The van der Waals surface area contributed by atoms with Gasteiger partial charge in [0.1, 0.15) is 6.10 Å². The van der Waals surface area contributed by atoms with Crippen LogP contribution in [0.5, 0.6) is 0 Å². The summed E-state index contributed by atoms with van der Waals surface area (Å²) in [5.74, 6) is -0.436. The Hall–Kier alpha value is 0.0500. The largest absolute Gasteiger partial charge is 0.460 e. The SMILES string of the molecule is O=C1OC2CCCC2C1(Cl)Cl. The van der Waals surface area contributed by atoms with Crippen LogP contribution in [0.1, 0.15) is 19.3 Å². The third-order valence-electron chi connectivity index (χ3n) is 2.45. The van der Waals surface area contributed by atoms with E-state index in [2.05, 4.69) is 0 Å². The van der Waals surface area contributed by atoms with Crippen LogP contribution in [-0.4, -0.2) is 16.4 Å². The van der Waals surface area contributed by atoms with Crippen molar-refractivity contribution in [2.24, 2.45) is 5.92 Å². The minimum absolute atomic E-state index is 0.0162. The summed E-state index contributed by atoms with van der Waals surface area (Å²) in [6.45, 7) is 0. The third-order valence-corrected chi connectivity index (χ3v) is 3.32. The summed E-state index contributed by atoms with van der Waals surface area (Å²) in [6.07, 6.45) is 2.86. The number of fused-ring (bicyclic) bond motifs is 1. The van der Waals surface area contributed by atoms with Crippen molar-refractivity contribution < 1.29 is 9.53 Å². The molecule has 1 saturated heterocycles. The summed E-state index contributed by atoms with van der Waals surface area (Å²) < 4.78 is 3.73. The van der Waals surface area contributed by atoms with Crippen LogP contribution in [-0.2, 0) is 9.53 Å². The van der Waals surface area contributed by atoms with Crippen molar-refractivity contribution in [3.05, 3.63) is 0 Å². The Kier molecular flexibility index (Phi) is 1.58. The van der Waals surface area contributed by atoms with E-state index in [4.69, 9.17) is 27.9 Å². The second kappa shape index (κ2) is 2.27. The Morgan fingerprint density at radius 3 is 2.82 bits per heavy atom. The van der Waals surface area contributed by atoms with Gasteiger partial charge in [-0.05, 0) is 19.3 Å². The summed E-state index contributed by atoms with van der Waals surface area (Å²) in [5.41, 5.74) is 0. The topological polar surface area (TPSA) is 26.3 Å². The van der Waals surface area contributed by atoms with Gasteiger partial charge < -0.3 is 4.74 Å². The highest BCUT2D eigenvalue weighted by Crippen LogP contribution is 2.48. The van der Waals surface area contributed by atoms with Crippen LogP contribution in [0.4, 0.5) is 0 Å². The van der Waals surface area contributed by atoms with Gasteiger partial charge in [0, 0.05) is 5.92 Å². The molecule has 1 aliphatic heterocycles. The second-order valence-electron chi connectivity index (χ2n) is 3.10. The van der Waals surface area contributed by atoms with Crippen molar-refractivity contribution in [3.63, 3.8) is 0 Å². The van der Waals surface area contributed by atoms with Crippen molar-refractivity contribution in [2.45, 2.75) is 29.7 Å². The van der Waals surface area contributed by atoms with Crippen LogP contribution >= 0.6 is 23.2 Å². The number of carbonyl (C=O) groups excluding carboxylic acids is 1. The normalized spacial score (nSPS) is 40.4. The van der Waals surface area contributed by atoms with E-state index >= 15 is 0 Å². The van der Waals surface area contributed by atoms with Gasteiger partial charge in [0.2, 0.25) is 4.33 Å². The second-order valence-corrected chi connectivity index (χ2v) is 4.49. The fourth-order valence-electron chi connectivity index (χ4n) is 1.85. The van der Waals surface area contributed by atoms with Crippen LogP contribution in [0.2, 0.25) is 0 Å². The van der Waals surface area contributed by atoms with E-state index in [0.29, 0.717) is 0 Å². The molecule has 2 atom stereocenters. The number of alkyl halides is 2. The molecule has 0 radical (unpaired) electrons. The first-order valence-electron chi connectivity index (χ1n) is 3.71. The smallest absolute Gasteiger partial charge is 0.343 e. The van der Waals surface area contributed by atoms with Crippen LogP contribution in [0.15, 0.2) is 0 Å². The quantitative estimate of drug-likeness (QED) is 0.435.